The summed E-state index contributed by atoms with van der Waals surface area (Å²) >= 11 is 0. The first kappa shape index (κ1) is 38.9. The molecule has 4 heteroatoms. The van der Waals surface area contributed by atoms with Crippen molar-refractivity contribution in [1.29, 1.82) is 0 Å². The minimum atomic E-state index is 0.0606. The Morgan fingerprint density at radius 3 is 1.16 bits per heavy atom. The molecule has 0 unspecified atom stereocenters. The van der Waals surface area contributed by atoms with Gasteiger partial charge < -0.3 is 14.7 Å². The van der Waals surface area contributed by atoms with Gasteiger partial charge in [-0.3, -0.25) is 0 Å². The largest absolute Gasteiger partial charge is 0.311 e. The summed E-state index contributed by atoms with van der Waals surface area (Å²) in [7, 11) is 0. The van der Waals surface area contributed by atoms with E-state index in [1.54, 1.807) is 0 Å². The summed E-state index contributed by atoms with van der Waals surface area (Å²) in [5.41, 5.74) is 21.0. The van der Waals surface area contributed by atoms with Crippen LogP contribution < -0.4 is 31.1 Å². The van der Waals surface area contributed by atoms with E-state index in [-0.39, 0.29) is 28.4 Å². The molecule has 0 spiro atoms. The van der Waals surface area contributed by atoms with Gasteiger partial charge in [-0.2, -0.15) is 0 Å². The third kappa shape index (κ3) is 5.93. The zero-order chi connectivity index (χ0) is 42.8. The third-order valence-electron chi connectivity index (χ3n) is 15.3. The lowest BCUT2D eigenvalue weighted by molar-refractivity contribution is 0.332. The van der Waals surface area contributed by atoms with Gasteiger partial charge in [-0.05, 0) is 159 Å². The Bertz CT molecular complexity index is 2700. The van der Waals surface area contributed by atoms with Crippen molar-refractivity contribution in [2.75, 3.05) is 14.7 Å². The van der Waals surface area contributed by atoms with Gasteiger partial charge in [0.25, 0.3) is 6.71 Å². The molecule has 0 amide bonds. The summed E-state index contributed by atoms with van der Waals surface area (Å²) in [4.78, 5) is 7.65. The molecule has 0 aromatic heterocycles. The third-order valence-corrected chi connectivity index (χ3v) is 15.3. The molecule has 0 atom stereocenters. The lowest BCUT2D eigenvalue weighted by Crippen LogP contribution is -2.61. The van der Waals surface area contributed by atoms with Crippen LogP contribution in [0.3, 0.4) is 0 Å². The first-order chi connectivity index (χ1) is 29.7. The molecular weight excluding hydrogens is 749 g/mol. The Morgan fingerprint density at radius 2 is 0.742 bits per heavy atom. The van der Waals surface area contributed by atoms with Crippen LogP contribution in [-0.4, -0.2) is 6.71 Å². The van der Waals surface area contributed by atoms with Gasteiger partial charge in [-0.1, -0.05) is 140 Å². The fraction of sp³-hybridized carbons (Fsp3) is 0.276. The summed E-state index contributed by atoms with van der Waals surface area (Å²) in [6, 6.07) is 60.0. The highest BCUT2D eigenvalue weighted by Crippen LogP contribution is 2.53. The number of rotatable bonds is 5. The molecule has 4 aliphatic rings. The molecule has 2 aliphatic carbocycles. The van der Waals surface area contributed by atoms with Crippen LogP contribution >= 0.6 is 0 Å². The fourth-order valence-electron chi connectivity index (χ4n) is 11.6. The van der Waals surface area contributed by atoms with Crippen molar-refractivity contribution in [3.8, 4) is 0 Å². The number of nitrogens with zero attached hydrogens (tertiary/aromatic N) is 3. The van der Waals surface area contributed by atoms with Gasteiger partial charge in [0, 0.05) is 45.5 Å². The van der Waals surface area contributed by atoms with Crippen molar-refractivity contribution in [1.82, 2.24) is 0 Å². The van der Waals surface area contributed by atoms with Crippen LogP contribution in [0, 0.1) is 0 Å². The van der Waals surface area contributed by atoms with Crippen LogP contribution in [0.2, 0.25) is 0 Å². The lowest BCUT2D eigenvalue weighted by Gasteiger charge is -2.45. The molecule has 0 radical (unpaired) electrons. The Balaban J connectivity index is 1.25. The molecule has 0 N–H and O–H groups in total. The maximum atomic E-state index is 2.59. The molecule has 2 aliphatic heterocycles. The lowest BCUT2D eigenvalue weighted by atomic mass is 9.33. The van der Waals surface area contributed by atoms with Gasteiger partial charge in [-0.25, -0.2) is 0 Å². The maximum Gasteiger partial charge on any atom is 0.252 e. The molecule has 308 valence electrons. The summed E-state index contributed by atoms with van der Waals surface area (Å²) in [5.74, 6) is 0. The van der Waals surface area contributed by atoms with Crippen LogP contribution in [0.1, 0.15) is 103 Å². The van der Waals surface area contributed by atoms with Gasteiger partial charge in [0.2, 0.25) is 0 Å². The average molecular weight is 808 g/mol. The Morgan fingerprint density at radius 1 is 0.371 bits per heavy atom. The van der Waals surface area contributed by atoms with E-state index in [9.17, 15) is 0 Å². The first-order valence-electron chi connectivity index (χ1n) is 22.9. The van der Waals surface area contributed by atoms with Crippen LogP contribution in [0.5, 0.6) is 0 Å². The van der Waals surface area contributed by atoms with E-state index in [1.807, 2.05) is 0 Å². The van der Waals surface area contributed by atoms with E-state index in [4.69, 9.17) is 0 Å². The molecule has 2 heterocycles. The molecule has 0 bridgehead atoms. The number of benzene rings is 7. The van der Waals surface area contributed by atoms with E-state index in [0.717, 1.165) is 17.1 Å². The van der Waals surface area contributed by atoms with Crippen LogP contribution in [-0.2, 0) is 21.7 Å². The van der Waals surface area contributed by atoms with Crippen molar-refractivity contribution in [2.45, 2.75) is 103 Å². The summed E-state index contributed by atoms with van der Waals surface area (Å²) in [5, 5.41) is 0. The smallest absolute Gasteiger partial charge is 0.252 e. The normalized spacial score (nSPS) is 18.2. The average Bonchev–Trinajstić information content (AvgIpc) is 3.27. The van der Waals surface area contributed by atoms with Gasteiger partial charge in [0.15, 0.2) is 0 Å². The standard InChI is InChI=1S/C58H58BN3/c1-55(2)31-33-57(5,6)46-35-41(27-29-44(46)55)60(42-28-30-45-47(36-42)58(7,8)34-32-56(45,3)4)43-37-52-54-53(38-43)62(40-21-13-10-14-22-40)51-26-18-16-24-49(51)59(54)48-23-15-17-25-50(48)61(52)39-19-11-9-12-20-39/h9-30,35-38H,31-34H2,1-8H3. The zero-order valence-corrected chi connectivity index (χ0v) is 37.8. The quantitative estimate of drug-likeness (QED) is 0.160. The molecule has 11 rings (SSSR count). The summed E-state index contributed by atoms with van der Waals surface area (Å²) < 4.78 is 0. The summed E-state index contributed by atoms with van der Waals surface area (Å²) in [6.45, 7) is 19.6. The second-order valence-corrected chi connectivity index (χ2v) is 21.1. The van der Waals surface area contributed by atoms with Crippen molar-refractivity contribution >= 4 is 74.3 Å². The van der Waals surface area contributed by atoms with Gasteiger partial charge in [0.05, 0.1) is 5.69 Å². The van der Waals surface area contributed by atoms with Crippen LogP contribution in [0.15, 0.2) is 158 Å². The fourth-order valence-corrected chi connectivity index (χ4v) is 11.6. The minimum Gasteiger partial charge on any atom is -0.311 e. The molecule has 0 fully saturated rings. The first-order valence-corrected chi connectivity index (χ1v) is 22.9. The number of hydrogen-bond acceptors (Lipinski definition) is 3. The number of fused-ring (bicyclic) bond motifs is 6. The van der Waals surface area contributed by atoms with E-state index in [2.05, 4.69) is 228 Å². The van der Waals surface area contributed by atoms with Gasteiger partial charge in [-0.15, -0.1) is 0 Å². The predicted molar refractivity (Wildman–Crippen MR) is 266 cm³/mol. The predicted octanol–water partition coefficient (Wildman–Crippen LogP) is 13.9. The number of anilines is 9. The van der Waals surface area contributed by atoms with E-state index >= 15 is 0 Å². The Labute approximate surface area is 370 Å². The van der Waals surface area contributed by atoms with Gasteiger partial charge in [0.1, 0.15) is 0 Å². The second kappa shape index (κ2) is 13.8. The van der Waals surface area contributed by atoms with Crippen molar-refractivity contribution in [3.63, 3.8) is 0 Å². The summed E-state index contributed by atoms with van der Waals surface area (Å²) in [6.07, 6.45) is 4.71. The molecule has 7 aromatic carbocycles. The number of hydrogen-bond donors (Lipinski definition) is 0. The monoisotopic (exact) mass is 807 g/mol. The van der Waals surface area contributed by atoms with E-state index in [0.29, 0.717) is 0 Å². The zero-order valence-electron chi connectivity index (χ0n) is 37.8. The Kier molecular flexibility index (Phi) is 8.63. The highest BCUT2D eigenvalue weighted by Gasteiger charge is 2.45. The van der Waals surface area contributed by atoms with Gasteiger partial charge >= 0.3 is 0 Å². The van der Waals surface area contributed by atoms with E-state index in [1.165, 1.54) is 98.4 Å². The van der Waals surface area contributed by atoms with Crippen LogP contribution in [0.4, 0.5) is 51.2 Å². The van der Waals surface area contributed by atoms with Crippen molar-refractivity contribution < 1.29 is 0 Å². The topological polar surface area (TPSA) is 9.72 Å². The van der Waals surface area contributed by atoms with Crippen molar-refractivity contribution in [3.05, 3.63) is 180 Å². The molecule has 3 nitrogen and oxygen atoms in total. The van der Waals surface area contributed by atoms with Crippen LogP contribution in [0.25, 0.3) is 0 Å². The van der Waals surface area contributed by atoms with Crippen molar-refractivity contribution in [2.24, 2.45) is 0 Å². The minimum absolute atomic E-state index is 0.0606. The number of para-hydroxylation sites is 4. The Hall–Kier alpha value is -6.00. The second-order valence-electron chi connectivity index (χ2n) is 21.1. The molecular formula is C58H58BN3. The highest BCUT2D eigenvalue weighted by atomic mass is 15.2. The molecule has 62 heavy (non-hydrogen) atoms. The highest BCUT2D eigenvalue weighted by molar-refractivity contribution is 7.00. The molecule has 0 saturated carbocycles. The molecule has 7 aromatic rings. The van der Waals surface area contributed by atoms with E-state index < -0.39 is 0 Å². The maximum absolute atomic E-state index is 2.59. The molecule has 0 saturated heterocycles. The SMILES string of the molecule is CC1(C)CCC(C)(C)c2cc(N(c3cc4c5c(c3)N(c3ccccc3)c3ccccc3B5c3ccccc3N4c3ccccc3)c3ccc4c(c3)C(C)(C)CCC4(C)C)ccc21.